The van der Waals surface area contributed by atoms with Gasteiger partial charge in [-0.05, 0) is 46.6 Å². The Bertz CT molecular complexity index is 524. The van der Waals surface area contributed by atoms with Crippen LogP contribution in [0.4, 0.5) is 0 Å². The molecule has 0 atom stereocenters. The zero-order valence-corrected chi connectivity index (χ0v) is 13.5. The first-order chi connectivity index (χ1) is 9.19. The Morgan fingerprint density at radius 1 is 1.26 bits per heavy atom. The molecule has 102 valence electrons. The number of nitrogens with two attached hydrogens (primary N) is 1. The first-order valence-electron chi connectivity index (χ1n) is 6.37. The summed E-state index contributed by atoms with van der Waals surface area (Å²) in [6.07, 6.45) is 1.05. The van der Waals surface area contributed by atoms with Gasteiger partial charge in [-0.3, -0.25) is 0 Å². The quantitative estimate of drug-likeness (QED) is 0.871. The minimum absolute atomic E-state index is 0.623. The molecule has 1 heterocycles. The smallest absolute Gasteiger partial charge is 0.0325 e. The molecular formula is C15H19BrN2S. The Labute approximate surface area is 127 Å². The fraction of sp³-hybridized carbons (Fsp3) is 0.333. The standard InChI is InChI=1S/C15H19BrN2S/c1-18(10-15-8-14(16)11-19-15)7-6-12-4-2-3-5-13(12)9-17/h2-5,8,11H,6-7,9-10,17H2,1H3. The van der Waals surface area contributed by atoms with Crippen LogP contribution in [0, 0.1) is 0 Å². The van der Waals surface area contributed by atoms with E-state index in [1.165, 1.54) is 20.5 Å². The number of halogens is 1. The summed E-state index contributed by atoms with van der Waals surface area (Å²) in [6, 6.07) is 10.6. The lowest BCUT2D eigenvalue weighted by molar-refractivity contribution is 0.334. The summed E-state index contributed by atoms with van der Waals surface area (Å²) < 4.78 is 1.18. The van der Waals surface area contributed by atoms with Gasteiger partial charge in [-0.1, -0.05) is 24.3 Å². The van der Waals surface area contributed by atoms with Gasteiger partial charge in [0, 0.05) is 34.4 Å². The third kappa shape index (κ3) is 4.42. The second-order valence-electron chi connectivity index (χ2n) is 4.69. The van der Waals surface area contributed by atoms with E-state index in [4.69, 9.17) is 5.73 Å². The normalized spacial score (nSPS) is 11.2. The molecule has 2 aromatic rings. The molecule has 0 radical (unpaired) electrons. The highest BCUT2D eigenvalue weighted by atomic mass is 79.9. The Hall–Kier alpha value is -0.680. The van der Waals surface area contributed by atoms with Crippen LogP contribution in [0.2, 0.25) is 0 Å². The number of thiophene rings is 1. The van der Waals surface area contributed by atoms with Crippen LogP contribution in [0.5, 0.6) is 0 Å². The van der Waals surface area contributed by atoms with E-state index in [0.29, 0.717) is 6.54 Å². The summed E-state index contributed by atoms with van der Waals surface area (Å²) in [4.78, 5) is 3.74. The van der Waals surface area contributed by atoms with Gasteiger partial charge in [-0.15, -0.1) is 11.3 Å². The van der Waals surface area contributed by atoms with Gasteiger partial charge in [0.15, 0.2) is 0 Å². The lowest BCUT2D eigenvalue weighted by Gasteiger charge is -2.16. The predicted molar refractivity (Wildman–Crippen MR) is 86.4 cm³/mol. The summed E-state index contributed by atoms with van der Waals surface area (Å²) in [5, 5.41) is 2.13. The van der Waals surface area contributed by atoms with Crippen LogP contribution in [0.1, 0.15) is 16.0 Å². The molecule has 1 aromatic heterocycles. The highest BCUT2D eigenvalue weighted by Crippen LogP contribution is 2.21. The zero-order chi connectivity index (χ0) is 13.7. The maximum Gasteiger partial charge on any atom is 0.0325 e. The Morgan fingerprint density at radius 3 is 2.63 bits per heavy atom. The first kappa shape index (κ1) is 14.7. The second kappa shape index (κ2) is 7.20. The van der Waals surface area contributed by atoms with E-state index in [9.17, 15) is 0 Å². The summed E-state index contributed by atoms with van der Waals surface area (Å²) in [5.74, 6) is 0. The number of likely N-dealkylation sites (N-methyl/N-ethyl adjacent to an activating group) is 1. The summed E-state index contributed by atoms with van der Waals surface area (Å²) >= 11 is 5.29. The molecule has 0 fully saturated rings. The van der Waals surface area contributed by atoms with Crippen molar-refractivity contribution < 1.29 is 0 Å². The van der Waals surface area contributed by atoms with Crippen molar-refractivity contribution in [3.05, 3.63) is 56.2 Å². The van der Waals surface area contributed by atoms with Gasteiger partial charge in [0.2, 0.25) is 0 Å². The lowest BCUT2D eigenvalue weighted by atomic mass is 10.0. The van der Waals surface area contributed by atoms with Gasteiger partial charge in [-0.2, -0.15) is 0 Å². The van der Waals surface area contributed by atoms with E-state index in [-0.39, 0.29) is 0 Å². The fourth-order valence-electron chi connectivity index (χ4n) is 2.09. The van der Waals surface area contributed by atoms with Gasteiger partial charge in [0.25, 0.3) is 0 Å². The SMILES string of the molecule is CN(CCc1ccccc1CN)Cc1cc(Br)cs1. The van der Waals surface area contributed by atoms with Crippen molar-refractivity contribution in [1.82, 2.24) is 4.90 Å². The van der Waals surface area contributed by atoms with Crippen LogP contribution >= 0.6 is 27.3 Å². The molecule has 2 rings (SSSR count). The molecule has 0 aliphatic heterocycles. The topological polar surface area (TPSA) is 29.3 Å². The van der Waals surface area contributed by atoms with Crippen molar-refractivity contribution >= 4 is 27.3 Å². The van der Waals surface area contributed by atoms with Crippen molar-refractivity contribution in [1.29, 1.82) is 0 Å². The van der Waals surface area contributed by atoms with Gasteiger partial charge >= 0.3 is 0 Å². The van der Waals surface area contributed by atoms with E-state index in [1.54, 1.807) is 11.3 Å². The molecule has 0 amide bonds. The molecule has 0 saturated heterocycles. The second-order valence-corrected chi connectivity index (χ2v) is 6.60. The van der Waals surface area contributed by atoms with Crippen molar-refractivity contribution in [3.8, 4) is 0 Å². The molecule has 0 unspecified atom stereocenters. The largest absolute Gasteiger partial charge is 0.326 e. The minimum atomic E-state index is 0.623. The molecule has 1 aromatic carbocycles. The zero-order valence-electron chi connectivity index (χ0n) is 11.1. The average molecular weight is 339 g/mol. The number of benzene rings is 1. The van der Waals surface area contributed by atoms with Crippen molar-refractivity contribution in [2.45, 2.75) is 19.5 Å². The van der Waals surface area contributed by atoms with Crippen molar-refractivity contribution in [2.24, 2.45) is 5.73 Å². The molecule has 19 heavy (non-hydrogen) atoms. The van der Waals surface area contributed by atoms with Gasteiger partial charge in [-0.25, -0.2) is 0 Å². The third-order valence-corrected chi connectivity index (χ3v) is 4.83. The molecule has 2 N–H and O–H groups in total. The Morgan fingerprint density at radius 2 is 2.00 bits per heavy atom. The van der Waals surface area contributed by atoms with Gasteiger partial charge in [0.05, 0.1) is 0 Å². The van der Waals surface area contributed by atoms with E-state index in [1.807, 2.05) is 0 Å². The maximum absolute atomic E-state index is 5.77. The fourth-order valence-corrected chi connectivity index (χ4v) is 3.62. The van der Waals surface area contributed by atoms with Crippen LogP contribution in [0.15, 0.2) is 40.2 Å². The van der Waals surface area contributed by atoms with Crippen LogP contribution in [0.25, 0.3) is 0 Å². The molecule has 4 heteroatoms. The molecular weight excluding hydrogens is 320 g/mol. The number of hydrogen-bond donors (Lipinski definition) is 1. The Balaban J connectivity index is 1.87. The van der Waals surface area contributed by atoms with Gasteiger partial charge in [0.1, 0.15) is 0 Å². The molecule has 0 spiro atoms. The monoisotopic (exact) mass is 338 g/mol. The minimum Gasteiger partial charge on any atom is -0.326 e. The number of hydrogen-bond acceptors (Lipinski definition) is 3. The number of nitrogens with zero attached hydrogens (tertiary/aromatic N) is 1. The lowest BCUT2D eigenvalue weighted by Crippen LogP contribution is -2.20. The maximum atomic E-state index is 5.77. The van der Waals surface area contributed by atoms with E-state index in [2.05, 4.69) is 63.6 Å². The highest BCUT2D eigenvalue weighted by Gasteiger charge is 2.05. The van der Waals surface area contributed by atoms with Crippen LogP contribution in [0.3, 0.4) is 0 Å². The highest BCUT2D eigenvalue weighted by molar-refractivity contribution is 9.10. The molecule has 0 aliphatic rings. The molecule has 0 bridgehead atoms. The van der Waals surface area contributed by atoms with Gasteiger partial charge < -0.3 is 10.6 Å². The predicted octanol–water partition coefficient (Wildman–Crippen LogP) is 3.64. The first-order valence-corrected chi connectivity index (χ1v) is 8.04. The molecule has 0 saturated carbocycles. The van der Waals surface area contributed by atoms with E-state index >= 15 is 0 Å². The van der Waals surface area contributed by atoms with Crippen molar-refractivity contribution in [2.75, 3.05) is 13.6 Å². The van der Waals surface area contributed by atoms with Crippen LogP contribution < -0.4 is 5.73 Å². The summed E-state index contributed by atoms with van der Waals surface area (Å²) in [6.45, 7) is 2.67. The van der Waals surface area contributed by atoms with E-state index < -0.39 is 0 Å². The molecule has 2 nitrogen and oxygen atoms in total. The summed E-state index contributed by atoms with van der Waals surface area (Å²) in [7, 11) is 2.17. The third-order valence-electron chi connectivity index (χ3n) is 3.15. The average Bonchev–Trinajstić information content (AvgIpc) is 2.82. The van der Waals surface area contributed by atoms with Crippen LogP contribution in [-0.4, -0.2) is 18.5 Å². The van der Waals surface area contributed by atoms with E-state index in [0.717, 1.165) is 19.5 Å². The molecule has 0 aliphatic carbocycles. The van der Waals surface area contributed by atoms with Crippen LogP contribution in [-0.2, 0) is 19.5 Å². The Kier molecular flexibility index (Phi) is 5.58. The summed E-state index contributed by atoms with van der Waals surface area (Å²) in [5.41, 5.74) is 8.39. The number of rotatable bonds is 6. The van der Waals surface area contributed by atoms with Crippen molar-refractivity contribution in [3.63, 3.8) is 0 Å².